The van der Waals surface area contributed by atoms with E-state index in [9.17, 15) is 0 Å². The van der Waals surface area contributed by atoms with Gasteiger partial charge in [0.1, 0.15) is 0 Å². The maximum atomic E-state index is 4.23. The molecule has 0 unspecified atom stereocenters. The van der Waals surface area contributed by atoms with Crippen molar-refractivity contribution in [2.75, 3.05) is 0 Å². The fourth-order valence-electron chi connectivity index (χ4n) is 1.04. The van der Waals surface area contributed by atoms with Gasteiger partial charge in [0.2, 0.25) is 0 Å². The van der Waals surface area contributed by atoms with Gasteiger partial charge in [-0.2, -0.15) is 0 Å². The van der Waals surface area contributed by atoms with Gasteiger partial charge in [0.15, 0.2) is 0 Å². The van der Waals surface area contributed by atoms with Crippen LogP contribution in [0.5, 0.6) is 0 Å². The molecule has 0 aliphatic heterocycles. The maximum Gasteiger partial charge on any atom is 0.0378 e. The first kappa shape index (κ1) is 12.2. The van der Waals surface area contributed by atoms with Gasteiger partial charge in [0, 0.05) is 11.4 Å². The third-order valence-corrected chi connectivity index (χ3v) is 1.73. The van der Waals surface area contributed by atoms with E-state index in [0.29, 0.717) is 0 Å². The molecule has 1 nitrogen and oxygen atoms in total. The Hall–Kier alpha value is -0.850. The largest absolute Gasteiger partial charge is 0.258 e. The molecule has 0 radical (unpaired) electrons. The number of hydrogen-bond donors (Lipinski definition) is 0. The zero-order valence-electron chi connectivity index (χ0n) is 9.52. The lowest BCUT2D eigenvalue weighted by Crippen LogP contribution is -1.85. The maximum absolute atomic E-state index is 4.23. The van der Waals surface area contributed by atoms with Gasteiger partial charge in [-0.3, -0.25) is 4.98 Å². The molecule has 0 spiro atoms. The standard InChI is InChI=1S/C8H11N.C4H10/c1-6-4-7(2)9-8(3)5-6;1-3-4-2/h4-5H,1-3H3;3-4H2,1-2H3. The molecule has 0 aliphatic rings. The molecule has 0 saturated heterocycles. The molecule has 0 bridgehead atoms. The lowest BCUT2D eigenvalue weighted by molar-refractivity contribution is 0.886. The first-order chi connectivity index (χ1) is 6.10. The van der Waals surface area contributed by atoms with E-state index < -0.39 is 0 Å². The van der Waals surface area contributed by atoms with Crippen LogP contribution in [0.2, 0.25) is 0 Å². The summed E-state index contributed by atoms with van der Waals surface area (Å²) in [5.41, 5.74) is 3.50. The van der Waals surface area contributed by atoms with Crippen molar-refractivity contribution in [1.29, 1.82) is 0 Å². The molecule has 0 atom stereocenters. The van der Waals surface area contributed by atoms with Crippen molar-refractivity contribution in [3.05, 3.63) is 29.1 Å². The molecule has 0 saturated carbocycles. The Kier molecular flexibility index (Phi) is 6.21. The van der Waals surface area contributed by atoms with E-state index in [1.165, 1.54) is 18.4 Å². The topological polar surface area (TPSA) is 12.9 Å². The summed E-state index contributed by atoms with van der Waals surface area (Å²) in [6, 6.07) is 4.15. The van der Waals surface area contributed by atoms with Gasteiger partial charge in [0.05, 0.1) is 0 Å². The Morgan fingerprint density at radius 1 is 0.923 bits per heavy atom. The van der Waals surface area contributed by atoms with E-state index in [1.54, 1.807) is 0 Å². The predicted octanol–water partition coefficient (Wildman–Crippen LogP) is 3.81. The number of aryl methyl sites for hydroxylation is 3. The Balaban J connectivity index is 0.000000310. The quantitative estimate of drug-likeness (QED) is 0.638. The lowest BCUT2D eigenvalue weighted by atomic mass is 10.2. The molecule has 0 aromatic carbocycles. The van der Waals surface area contributed by atoms with Crippen molar-refractivity contribution in [3.63, 3.8) is 0 Å². The molecule has 1 heterocycles. The van der Waals surface area contributed by atoms with Gasteiger partial charge in [-0.15, -0.1) is 0 Å². The predicted molar refractivity (Wildman–Crippen MR) is 59.0 cm³/mol. The number of nitrogens with zero attached hydrogens (tertiary/aromatic N) is 1. The average Bonchev–Trinajstić information content (AvgIpc) is 2.02. The zero-order valence-corrected chi connectivity index (χ0v) is 9.52. The Labute approximate surface area is 82.2 Å². The molecule has 1 rings (SSSR count). The minimum atomic E-state index is 1.10. The Morgan fingerprint density at radius 3 is 1.54 bits per heavy atom. The van der Waals surface area contributed by atoms with Gasteiger partial charge in [0.25, 0.3) is 0 Å². The van der Waals surface area contributed by atoms with Gasteiger partial charge < -0.3 is 0 Å². The van der Waals surface area contributed by atoms with E-state index in [-0.39, 0.29) is 0 Å². The van der Waals surface area contributed by atoms with Gasteiger partial charge in [-0.05, 0) is 38.5 Å². The normalized spacial score (nSPS) is 9.00. The highest BCUT2D eigenvalue weighted by molar-refractivity contribution is 5.18. The Morgan fingerprint density at radius 2 is 1.31 bits per heavy atom. The van der Waals surface area contributed by atoms with Crippen molar-refractivity contribution >= 4 is 0 Å². The van der Waals surface area contributed by atoms with E-state index in [0.717, 1.165) is 11.4 Å². The van der Waals surface area contributed by atoms with Crippen LogP contribution >= 0.6 is 0 Å². The van der Waals surface area contributed by atoms with E-state index in [2.05, 4.69) is 37.9 Å². The molecule has 13 heavy (non-hydrogen) atoms. The number of aromatic nitrogens is 1. The second-order valence-corrected chi connectivity index (χ2v) is 3.43. The molecular formula is C12H21N. The van der Waals surface area contributed by atoms with Gasteiger partial charge in [-0.25, -0.2) is 0 Å². The van der Waals surface area contributed by atoms with Crippen LogP contribution in [0.15, 0.2) is 12.1 Å². The number of hydrogen-bond acceptors (Lipinski definition) is 1. The lowest BCUT2D eigenvalue weighted by Gasteiger charge is -1.96. The summed E-state index contributed by atoms with van der Waals surface area (Å²) < 4.78 is 0. The van der Waals surface area contributed by atoms with Crippen LogP contribution < -0.4 is 0 Å². The number of pyridine rings is 1. The second kappa shape index (κ2) is 6.64. The monoisotopic (exact) mass is 179 g/mol. The molecule has 74 valence electrons. The zero-order chi connectivity index (χ0) is 10.3. The van der Waals surface area contributed by atoms with E-state index >= 15 is 0 Å². The van der Waals surface area contributed by atoms with Crippen LogP contribution in [0.1, 0.15) is 43.6 Å². The SMILES string of the molecule is CCCC.Cc1cc(C)nc(C)c1. The number of unbranched alkanes of at least 4 members (excludes halogenated alkanes) is 1. The molecule has 1 aromatic heterocycles. The van der Waals surface area contributed by atoms with Crippen molar-refractivity contribution in [2.45, 2.75) is 47.5 Å². The fourth-order valence-corrected chi connectivity index (χ4v) is 1.04. The molecule has 0 fully saturated rings. The van der Waals surface area contributed by atoms with Crippen molar-refractivity contribution < 1.29 is 0 Å². The smallest absolute Gasteiger partial charge is 0.0378 e. The van der Waals surface area contributed by atoms with Crippen LogP contribution in [-0.4, -0.2) is 4.98 Å². The third kappa shape index (κ3) is 6.32. The Bertz CT molecular complexity index is 188. The minimum absolute atomic E-state index is 1.10. The second-order valence-electron chi connectivity index (χ2n) is 3.43. The molecular weight excluding hydrogens is 158 g/mol. The van der Waals surface area contributed by atoms with Gasteiger partial charge >= 0.3 is 0 Å². The highest BCUT2D eigenvalue weighted by Gasteiger charge is 1.88. The first-order valence-corrected chi connectivity index (χ1v) is 5.02. The summed E-state index contributed by atoms with van der Waals surface area (Å²) in [6.07, 6.45) is 2.64. The summed E-state index contributed by atoms with van der Waals surface area (Å²) >= 11 is 0. The number of rotatable bonds is 1. The van der Waals surface area contributed by atoms with E-state index in [4.69, 9.17) is 0 Å². The molecule has 0 N–H and O–H groups in total. The summed E-state index contributed by atoms with van der Waals surface area (Å²) in [4.78, 5) is 4.23. The van der Waals surface area contributed by atoms with Crippen LogP contribution in [0.4, 0.5) is 0 Å². The highest BCUT2D eigenvalue weighted by Crippen LogP contribution is 2.01. The molecule has 1 heteroatoms. The van der Waals surface area contributed by atoms with Gasteiger partial charge in [-0.1, -0.05) is 26.7 Å². The van der Waals surface area contributed by atoms with Crippen LogP contribution in [0, 0.1) is 20.8 Å². The minimum Gasteiger partial charge on any atom is -0.258 e. The first-order valence-electron chi connectivity index (χ1n) is 5.02. The molecule has 0 amide bonds. The fraction of sp³-hybridized carbons (Fsp3) is 0.583. The van der Waals surface area contributed by atoms with Crippen molar-refractivity contribution in [1.82, 2.24) is 4.98 Å². The van der Waals surface area contributed by atoms with Crippen molar-refractivity contribution in [3.8, 4) is 0 Å². The van der Waals surface area contributed by atoms with Crippen LogP contribution in [-0.2, 0) is 0 Å². The highest BCUT2D eigenvalue weighted by atomic mass is 14.7. The average molecular weight is 179 g/mol. The summed E-state index contributed by atoms with van der Waals surface area (Å²) in [6.45, 7) is 10.5. The summed E-state index contributed by atoms with van der Waals surface area (Å²) in [7, 11) is 0. The molecule has 0 aliphatic carbocycles. The summed E-state index contributed by atoms with van der Waals surface area (Å²) in [5.74, 6) is 0. The van der Waals surface area contributed by atoms with Crippen LogP contribution in [0.25, 0.3) is 0 Å². The third-order valence-electron chi connectivity index (χ3n) is 1.73. The molecule has 1 aromatic rings. The van der Waals surface area contributed by atoms with Crippen molar-refractivity contribution in [2.24, 2.45) is 0 Å². The van der Waals surface area contributed by atoms with Crippen LogP contribution in [0.3, 0.4) is 0 Å². The summed E-state index contributed by atoms with van der Waals surface area (Å²) in [5, 5.41) is 0. The van der Waals surface area contributed by atoms with E-state index in [1.807, 2.05) is 13.8 Å².